The van der Waals surface area contributed by atoms with E-state index in [1.165, 1.54) is 0 Å². The van der Waals surface area contributed by atoms with Crippen LogP contribution in [0.25, 0.3) is 0 Å². The highest BCUT2D eigenvalue weighted by Crippen LogP contribution is 2.07. The van der Waals surface area contributed by atoms with Gasteiger partial charge in [-0.15, -0.1) is 0 Å². The fourth-order valence-corrected chi connectivity index (χ4v) is 2.70. The van der Waals surface area contributed by atoms with Crippen molar-refractivity contribution >= 4 is 29.7 Å². The number of carboxylic acids is 2. The smallest absolute Gasteiger partial charge is 0.328 e. The van der Waals surface area contributed by atoms with Gasteiger partial charge in [-0.25, -0.2) is 4.79 Å². The first-order valence-electron chi connectivity index (χ1n) is 9.96. The van der Waals surface area contributed by atoms with Gasteiger partial charge >= 0.3 is 11.9 Å². The van der Waals surface area contributed by atoms with E-state index in [1.807, 2.05) is 19.2 Å². The predicted molar refractivity (Wildman–Crippen MR) is 110 cm³/mol. The SMILES string of the molecule is CC(C)CC(N)C(=O)NC(C(=O)NC(CC(=O)O)C(=O)NC(C(=O)O)C(C)O)C(C)C. The Morgan fingerprint density at radius 3 is 1.71 bits per heavy atom. The molecular weight excluding hydrogens is 412 g/mol. The number of carbonyl (C=O) groups excluding carboxylic acids is 3. The monoisotopic (exact) mass is 446 g/mol. The number of aliphatic carboxylic acids is 2. The number of hydrogen-bond donors (Lipinski definition) is 7. The Kier molecular flexibility index (Phi) is 11.7. The van der Waals surface area contributed by atoms with E-state index in [0.29, 0.717) is 6.42 Å². The molecule has 0 radical (unpaired) electrons. The third-order valence-electron chi connectivity index (χ3n) is 4.37. The lowest BCUT2D eigenvalue weighted by atomic mass is 10.00. The fourth-order valence-electron chi connectivity index (χ4n) is 2.70. The van der Waals surface area contributed by atoms with Crippen LogP contribution < -0.4 is 21.7 Å². The second kappa shape index (κ2) is 12.8. The number of carboxylic acid groups (broad SMARTS) is 2. The maximum atomic E-state index is 12.7. The van der Waals surface area contributed by atoms with Gasteiger partial charge in [-0.05, 0) is 25.2 Å². The lowest BCUT2D eigenvalue weighted by Crippen LogP contribution is -2.59. The number of amides is 3. The Morgan fingerprint density at radius 1 is 0.806 bits per heavy atom. The number of aliphatic hydroxyl groups is 1. The number of aliphatic hydroxyl groups excluding tert-OH is 1. The zero-order chi connectivity index (χ0) is 24.5. The Hall–Kier alpha value is -2.73. The standard InChI is InChI=1S/C19H34N4O8/c1-8(2)6-11(20)16(27)22-14(9(3)4)18(29)21-12(7-13(25)26)17(28)23-15(10(5)24)19(30)31/h8-12,14-15,24H,6-7,20H2,1-5H3,(H,21,29)(H,22,27)(H,23,28)(H,25,26)(H,30,31). The molecule has 0 fully saturated rings. The summed E-state index contributed by atoms with van der Waals surface area (Å²) in [6.45, 7) is 8.17. The number of rotatable bonds is 13. The fraction of sp³-hybridized carbons (Fsp3) is 0.737. The summed E-state index contributed by atoms with van der Waals surface area (Å²) in [6, 6.07) is -5.29. The first kappa shape index (κ1) is 28.3. The van der Waals surface area contributed by atoms with Gasteiger partial charge in [-0.3, -0.25) is 19.2 Å². The molecule has 12 heteroatoms. The van der Waals surface area contributed by atoms with Crippen molar-refractivity contribution in [3.63, 3.8) is 0 Å². The summed E-state index contributed by atoms with van der Waals surface area (Å²) in [6.07, 6.45) is -1.92. The minimum absolute atomic E-state index is 0.145. The maximum Gasteiger partial charge on any atom is 0.328 e. The van der Waals surface area contributed by atoms with E-state index >= 15 is 0 Å². The molecule has 8 N–H and O–H groups in total. The summed E-state index contributed by atoms with van der Waals surface area (Å²) in [4.78, 5) is 59.7. The molecule has 31 heavy (non-hydrogen) atoms. The first-order valence-corrected chi connectivity index (χ1v) is 9.96. The van der Waals surface area contributed by atoms with Gasteiger partial charge in [0.25, 0.3) is 0 Å². The molecule has 0 aromatic carbocycles. The van der Waals surface area contributed by atoms with Crippen LogP contribution in [0.5, 0.6) is 0 Å². The highest BCUT2D eigenvalue weighted by atomic mass is 16.4. The maximum absolute atomic E-state index is 12.7. The molecule has 0 bridgehead atoms. The minimum Gasteiger partial charge on any atom is -0.481 e. The van der Waals surface area contributed by atoms with E-state index in [4.69, 9.17) is 15.9 Å². The second-order valence-electron chi connectivity index (χ2n) is 8.19. The number of nitrogens with one attached hydrogen (secondary N) is 3. The molecule has 0 aliphatic rings. The largest absolute Gasteiger partial charge is 0.481 e. The van der Waals surface area contributed by atoms with Crippen LogP contribution in [0.2, 0.25) is 0 Å². The molecule has 0 spiro atoms. The highest BCUT2D eigenvalue weighted by molar-refractivity contribution is 5.95. The van der Waals surface area contributed by atoms with E-state index in [-0.39, 0.29) is 5.92 Å². The van der Waals surface area contributed by atoms with Gasteiger partial charge in [0.1, 0.15) is 12.1 Å². The van der Waals surface area contributed by atoms with Crippen molar-refractivity contribution in [2.45, 2.75) is 77.7 Å². The number of carbonyl (C=O) groups is 5. The van der Waals surface area contributed by atoms with Gasteiger partial charge in [0.05, 0.1) is 18.6 Å². The zero-order valence-corrected chi connectivity index (χ0v) is 18.4. The molecule has 0 heterocycles. The molecule has 0 aliphatic carbocycles. The molecule has 178 valence electrons. The lowest BCUT2D eigenvalue weighted by molar-refractivity contribution is -0.146. The summed E-state index contributed by atoms with van der Waals surface area (Å²) in [5.74, 6) is -5.73. The molecule has 5 atom stereocenters. The van der Waals surface area contributed by atoms with E-state index in [1.54, 1.807) is 13.8 Å². The molecule has 0 aromatic rings. The van der Waals surface area contributed by atoms with E-state index in [2.05, 4.69) is 10.6 Å². The van der Waals surface area contributed by atoms with Crippen LogP contribution in [0.4, 0.5) is 0 Å². The lowest BCUT2D eigenvalue weighted by Gasteiger charge is -2.27. The van der Waals surface area contributed by atoms with Crippen LogP contribution in [0.3, 0.4) is 0 Å². The van der Waals surface area contributed by atoms with Gasteiger partial charge in [-0.2, -0.15) is 0 Å². The Labute approximate surface area is 180 Å². The summed E-state index contributed by atoms with van der Waals surface area (Å²) in [5, 5.41) is 34.4. The third kappa shape index (κ3) is 10.2. The van der Waals surface area contributed by atoms with Crippen molar-refractivity contribution in [1.82, 2.24) is 16.0 Å². The van der Waals surface area contributed by atoms with Crippen LogP contribution >= 0.6 is 0 Å². The van der Waals surface area contributed by atoms with Crippen LogP contribution in [-0.4, -0.2) is 75.3 Å². The Bertz CT molecular complexity index is 665. The van der Waals surface area contributed by atoms with Gasteiger partial charge in [-0.1, -0.05) is 27.7 Å². The van der Waals surface area contributed by atoms with Crippen molar-refractivity contribution in [3.8, 4) is 0 Å². The molecule has 5 unspecified atom stereocenters. The van der Waals surface area contributed by atoms with Crippen molar-refractivity contribution < 1.29 is 39.3 Å². The molecule has 3 amide bonds. The molecule has 0 saturated heterocycles. The highest BCUT2D eigenvalue weighted by Gasteiger charge is 2.33. The van der Waals surface area contributed by atoms with Gasteiger partial charge in [0.2, 0.25) is 17.7 Å². The first-order chi connectivity index (χ1) is 14.2. The second-order valence-corrected chi connectivity index (χ2v) is 8.19. The summed E-state index contributed by atoms with van der Waals surface area (Å²) in [7, 11) is 0. The minimum atomic E-state index is -1.70. The van der Waals surface area contributed by atoms with Gasteiger partial charge in [0, 0.05) is 0 Å². The Morgan fingerprint density at radius 2 is 1.32 bits per heavy atom. The quantitative estimate of drug-likeness (QED) is 0.174. The van der Waals surface area contributed by atoms with Crippen molar-refractivity contribution in [1.29, 1.82) is 0 Å². The zero-order valence-electron chi connectivity index (χ0n) is 18.4. The topological polar surface area (TPSA) is 208 Å². The molecular formula is C19H34N4O8. The summed E-state index contributed by atoms with van der Waals surface area (Å²) < 4.78 is 0. The molecule has 12 nitrogen and oxygen atoms in total. The Balaban J connectivity index is 5.44. The molecule has 0 aliphatic heterocycles. The van der Waals surface area contributed by atoms with Gasteiger partial charge < -0.3 is 37.0 Å². The number of nitrogens with two attached hydrogens (primary N) is 1. The van der Waals surface area contributed by atoms with Crippen molar-refractivity contribution in [3.05, 3.63) is 0 Å². The van der Waals surface area contributed by atoms with E-state index < -0.39 is 72.3 Å². The summed E-state index contributed by atoms with van der Waals surface area (Å²) in [5.41, 5.74) is 5.83. The normalized spacial score (nSPS) is 16.0. The van der Waals surface area contributed by atoms with Crippen LogP contribution in [-0.2, 0) is 24.0 Å². The summed E-state index contributed by atoms with van der Waals surface area (Å²) >= 11 is 0. The van der Waals surface area contributed by atoms with E-state index in [0.717, 1.165) is 6.92 Å². The average Bonchev–Trinajstić information content (AvgIpc) is 2.60. The predicted octanol–water partition coefficient (Wildman–Crippen LogP) is -1.59. The van der Waals surface area contributed by atoms with Crippen LogP contribution in [0.15, 0.2) is 0 Å². The van der Waals surface area contributed by atoms with Crippen LogP contribution in [0, 0.1) is 11.8 Å². The van der Waals surface area contributed by atoms with Crippen molar-refractivity contribution in [2.24, 2.45) is 17.6 Å². The molecule has 0 rings (SSSR count). The van der Waals surface area contributed by atoms with Crippen LogP contribution in [0.1, 0.15) is 47.5 Å². The van der Waals surface area contributed by atoms with Crippen molar-refractivity contribution in [2.75, 3.05) is 0 Å². The third-order valence-corrected chi connectivity index (χ3v) is 4.37. The number of hydrogen-bond acceptors (Lipinski definition) is 7. The van der Waals surface area contributed by atoms with E-state index in [9.17, 15) is 29.1 Å². The molecule has 0 aromatic heterocycles. The average molecular weight is 447 g/mol. The van der Waals surface area contributed by atoms with Gasteiger partial charge in [0.15, 0.2) is 6.04 Å². The molecule has 0 saturated carbocycles.